The zero-order chi connectivity index (χ0) is 20.9. The fourth-order valence-corrected chi connectivity index (χ4v) is 3.08. The summed E-state index contributed by atoms with van der Waals surface area (Å²) < 4.78 is 11.4. The average Bonchev–Trinajstić information content (AvgIpc) is 2.74. The van der Waals surface area contributed by atoms with E-state index >= 15 is 0 Å². The number of nitrogens with two attached hydrogens (primary N) is 2. The second kappa shape index (κ2) is 8.52. The maximum Gasteiger partial charge on any atom is 0.258 e. The lowest BCUT2D eigenvalue weighted by Crippen LogP contribution is -2.32. The van der Waals surface area contributed by atoms with Crippen LogP contribution >= 0.6 is 0 Å². The number of hydrogen-bond donors (Lipinski definition) is 3. The van der Waals surface area contributed by atoms with Crippen molar-refractivity contribution >= 4 is 39.3 Å². The molecule has 0 radical (unpaired) electrons. The molecule has 30 heavy (non-hydrogen) atoms. The van der Waals surface area contributed by atoms with Crippen LogP contribution in [0, 0.1) is 0 Å². The van der Waals surface area contributed by atoms with Crippen LogP contribution in [0.15, 0.2) is 60.7 Å². The van der Waals surface area contributed by atoms with E-state index < -0.39 is 0 Å². The highest BCUT2D eigenvalue weighted by Crippen LogP contribution is 2.26. The summed E-state index contributed by atoms with van der Waals surface area (Å²) in [5, 5.41) is 4.44. The summed E-state index contributed by atoms with van der Waals surface area (Å²) in [6.07, 6.45) is 0. The van der Waals surface area contributed by atoms with Crippen LogP contribution in [0.2, 0.25) is 0 Å². The molecule has 0 aliphatic rings. The number of pyridine rings is 2. The van der Waals surface area contributed by atoms with Crippen molar-refractivity contribution in [3.05, 3.63) is 60.7 Å². The molecule has 0 saturated carbocycles. The molecule has 0 atom stereocenters. The quantitative estimate of drug-likeness (QED) is 0.405. The Morgan fingerprint density at radius 1 is 0.800 bits per heavy atom. The van der Waals surface area contributed by atoms with E-state index in [-0.39, 0.29) is 12.5 Å². The van der Waals surface area contributed by atoms with Gasteiger partial charge in [0, 0.05) is 10.8 Å². The standard InChI is InChI=1S/C22H21N5O3/c23-20-9-7-14-16(26-20)3-1-5-18(14)29-12-11-25-22(28)13-30-19-6-2-4-17-15(19)8-10-21(24)27-17/h1-10H,11-13H2,(H2,23,26)(H2,24,27)(H,25,28). The van der Waals surface area contributed by atoms with Crippen molar-refractivity contribution in [2.24, 2.45) is 0 Å². The Bertz CT molecular complexity index is 1210. The Hall–Kier alpha value is -4.07. The van der Waals surface area contributed by atoms with Gasteiger partial charge in [-0.1, -0.05) is 12.1 Å². The molecule has 8 nitrogen and oxygen atoms in total. The van der Waals surface area contributed by atoms with Gasteiger partial charge in [0.15, 0.2) is 6.61 Å². The van der Waals surface area contributed by atoms with Crippen molar-refractivity contribution < 1.29 is 14.3 Å². The van der Waals surface area contributed by atoms with Crippen molar-refractivity contribution in [3.8, 4) is 11.5 Å². The van der Waals surface area contributed by atoms with Crippen LogP contribution in [0.3, 0.4) is 0 Å². The smallest absolute Gasteiger partial charge is 0.258 e. The fourth-order valence-electron chi connectivity index (χ4n) is 3.08. The molecule has 8 heteroatoms. The zero-order valence-corrected chi connectivity index (χ0v) is 16.2. The third kappa shape index (κ3) is 4.33. The summed E-state index contributed by atoms with van der Waals surface area (Å²) in [5.74, 6) is 1.91. The summed E-state index contributed by atoms with van der Waals surface area (Å²) in [4.78, 5) is 20.6. The molecular weight excluding hydrogens is 382 g/mol. The Balaban J connectivity index is 1.28. The van der Waals surface area contributed by atoms with Crippen LogP contribution in [0.4, 0.5) is 11.6 Å². The first-order chi connectivity index (χ1) is 14.6. The summed E-state index contributed by atoms with van der Waals surface area (Å²) >= 11 is 0. The normalized spacial score (nSPS) is 10.8. The molecule has 4 rings (SSSR count). The zero-order valence-electron chi connectivity index (χ0n) is 16.2. The van der Waals surface area contributed by atoms with Crippen LogP contribution in [-0.4, -0.2) is 35.6 Å². The summed E-state index contributed by atoms with van der Waals surface area (Å²) in [7, 11) is 0. The fraction of sp³-hybridized carbons (Fsp3) is 0.136. The first-order valence-electron chi connectivity index (χ1n) is 9.43. The van der Waals surface area contributed by atoms with Crippen molar-refractivity contribution in [1.29, 1.82) is 0 Å². The molecule has 2 aromatic heterocycles. The second-order valence-corrected chi connectivity index (χ2v) is 6.60. The summed E-state index contributed by atoms with van der Waals surface area (Å²) in [6, 6.07) is 18.1. The van der Waals surface area contributed by atoms with Gasteiger partial charge in [-0.05, 0) is 48.5 Å². The largest absolute Gasteiger partial charge is 0.491 e. The van der Waals surface area contributed by atoms with E-state index in [0.29, 0.717) is 41.8 Å². The number of rotatable bonds is 7. The number of hydrogen-bond acceptors (Lipinski definition) is 7. The number of aromatic nitrogens is 2. The molecular formula is C22H21N5O3. The van der Waals surface area contributed by atoms with Crippen molar-refractivity contribution in [1.82, 2.24) is 15.3 Å². The Morgan fingerprint density at radius 2 is 1.37 bits per heavy atom. The number of amides is 1. The highest BCUT2D eigenvalue weighted by molar-refractivity contribution is 5.87. The van der Waals surface area contributed by atoms with Gasteiger partial charge in [-0.25, -0.2) is 9.97 Å². The number of nitrogens with zero attached hydrogens (tertiary/aromatic N) is 2. The number of nitrogen functional groups attached to an aromatic ring is 2. The number of benzene rings is 2. The van der Waals surface area contributed by atoms with Gasteiger partial charge in [0.2, 0.25) is 0 Å². The minimum atomic E-state index is -0.244. The number of anilines is 2. The minimum absolute atomic E-state index is 0.110. The van der Waals surface area contributed by atoms with E-state index in [9.17, 15) is 4.79 Å². The monoisotopic (exact) mass is 403 g/mol. The summed E-state index contributed by atoms with van der Waals surface area (Å²) in [6.45, 7) is 0.544. The van der Waals surface area contributed by atoms with Crippen molar-refractivity contribution in [2.75, 3.05) is 31.2 Å². The molecule has 0 bridgehead atoms. The Morgan fingerprint density at radius 3 is 1.97 bits per heavy atom. The first-order valence-corrected chi connectivity index (χ1v) is 9.43. The lowest BCUT2D eigenvalue weighted by molar-refractivity contribution is -0.123. The Labute approximate surface area is 172 Å². The van der Waals surface area contributed by atoms with Crippen LogP contribution in [0.1, 0.15) is 0 Å². The average molecular weight is 403 g/mol. The van der Waals surface area contributed by atoms with E-state index in [1.54, 1.807) is 18.2 Å². The SMILES string of the molecule is Nc1ccc2c(OCCNC(=O)COc3cccc4nc(N)ccc34)cccc2n1. The van der Waals surface area contributed by atoms with Crippen LogP contribution in [-0.2, 0) is 4.79 Å². The molecule has 0 unspecified atom stereocenters. The Kier molecular flexibility index (Phi) is 5.47. The second-order valence-electron chi connectivity index (χ2n) is 6.60. The highest BCUT2D eigenvalue weighted by atomic mass is 16.5. The maximum atomic E-state index is 12.1. The highest BCUT2D eigenvalue weighted by Gasteiger charge is 2.08. The molecule has 0 fully saturated rings. The van der Waals surface area contributed by atoms with Gasteiger partial charge in [-0.15, -0.1) is 0 Å². The lowest BCUT2D eigenvalue weighted by atomic mass is 10.2. The predicted molar refractivity (Wildman–Crippen MR) is 116 cm³/mol. The van der Waals surface area contributed by atoms with E-state index in [2.05, 4.69) is 15.3 Å². The van der Waals surface area contributed by atoms with Gasteiger partial charge in [0.05, 0.1) is 17.6 Å². The molecule has 0 aliphatic carbocycles. The van der Waals surface area contributed by atoms with E-state index in [1.807, 2.05) is 42.5 Å². The number of fused-ring (bicyclic) bond motifs is 2. The molecule has 4 aromatic rings. The molecule has 0 spiro atoms. The minimum Gasteiger partial charge on any atom is -0.491 e. The van der Waals surface area contributed by atoms with E-state index in [1.165, 1.54) is 0 Å². The van der Waals surface area contributed by atoms with Gasteiger partial charge in [-0.3, -0.25) is 4.79 Å². The maximum absolute atomic E-state index is 12.1. The van der Waals surface area contributed by atoms with E-state index in [0.717, 1.165) is 16.3 Å². The molecule has 152 valence electrons. The van der Waals surface area contributed by atoms with Gasteiger partial charge in [-0.2, -0.15) is 0 Å². The molecule has 1 amide bonds. The van der Waals surface area contributed by atoms with Crippen LogP contribution in [0.5, 0.6) is 11.5 Å². The van der Waals surface area contributed by atoms with Crippen molar-refractivity contribution in [2.45, 2.75) is 0 Å². The number of nitrogens with one attached hydrogen (secondary N) is 1. The van der Waals surface area contributed by atoms with Gasteiger partial charge >= 0.3 is 0 Å². The molecule has 0 aliphatic heterocycles. The molecule has 2 heterocycles. The van der Waals surface area contributed by atoms with Gasteiger partial charge < -0.3 is 26.3 Å². The first kappa shape index (κ1) is 19.3. The molecule has 0 saturated heterocycles. The molecule has 5 N–H and O–H groups in total. The third-order valence-corrected chi connectivity index (χ3v) is 4.47. The number of carbonyl (C=O) groups is 1. The van der Waals surface area contributed by atoms with Crippen LogP contribution < -0.4 is 26.3 Å². The third-order valence-electron chi connectivity index (χ3n) is 4.47. The number of ether oxygens (including phenoxy) is 2. The number of carbonyl (C=O) groups excluding carboxylic acids is 1. The van der Waals surface area contributed by atoms with Gasteiger partial charge in [0.25, 0.3) is 5.91 Å². The topological polar surface area (TPSA) is 125 Å². The summed E-state index contributed by atoms with van der Waals surface area (Å²) in [5.41, 5.74) is 12.9. The van der Waals surface area contributed by atoms with Crippen molar-refractivity contribution in [3.63, 3.8) is 0 Å². The van der Waals surface area contributed by atoms with E-state index in [4.69, 9.17) is 20.9 Å². The predicted octanol–water partition coefficient (Wildman–Crippen LogP) is 2.52. The molecule has 2 aromatic carbocycles. The van der Waals surface area contributed by atoms with Crippen LogP contribution in [0.25, 0.3) is 21.8 Å². The van der Waals surface area contributed by atoms with Gasteiger partial charge in [0.1, 0.15) is 29.7 Å². The lowest BCUT2D eigenvalue weighted by Gasteiger charge is -2.11.